The van der Waals surface area contributed by atoms with Crippen LogP contribution in [-0.4, -0.2) is 29.1 Å². The molecule has 0 N–H and O–H groups in total. The maximum absolute atomic E-state index is 13.0. The second kappa shape index (κ2) is 6.73. The summed E-state index contributed by atoms with van der Waals surface area (Å²) in [5.41, 5.74) is 2.52. The molecule has 1 unspecified atom stereocenters. The molecule has 1 aliphatic rings. The molecule has 0 aliphatic carbocycles. The Morgan fingerprint density at radius 2 is 2.00 bits per heavy atom. The van der Waals surface area contributed by atoms with E-state index in [1.807, 2.05) is 35.2 Å². The Balaban J connectivity index is 1.56. The van der Waals surface area contributed by atoms with Gasteiger partial charge in [-0.25, -0.2) is 0 Å². The molecule has 4 nitrogen and oxygen atoms in total. The van der Waals surface area contributed by atoms with E-state index in [0.29, 0.717) is 28.8 Å². The lowest BCUT2D eigenvalue weighted by atomic mass is 9.99. The minimum absolute atomic E-state index is 0.0466. The molecule has 0 saturated carbocycles. The fourth-order valence-corrected chi connectivity index (χ4v) is 3.53. The minimum atomic E-state index is -0.0466. The molecule has 1 fully saturated rings. The lowest BCUT2D eigenvalue weighted by Crippen LogP contribution is -2.28. The Bertz CT molecular complexity index is 891. The summed E-state index contributed by atoms with van der Waals surface area (Å²) in [4.78, 5) is 14.8. The van der Waals surface area contributed by atoms with Crippen molar-refractivity contribution < 1.29 is 9.32 Å². The number of halogens is 1. The van der Waals surface area contributed by atoms with Gasteiger partial charge in [0.2, 0.25) is 0 Å². The van der Waals surface area contributed by atoms with Gasteiger partial charge >= 0.3 is 0 Å². The van der Waals surface area contributed by atoms with Crippen LogP contribution in [0.25, 0.3) is 11.3 Å². The normalized spacial score (nSPS) is 17.0. The van der Waals surface area contributed by atoms with E-state index in [0.717, 1.165) is 18.5 Å². The van der Waals surface area contributed by atoms with Crippen LogP contribution in [0.4, 0.5) is 0 Å². The molecular weight excluding hydrogens is 336 g/mol. The smallest absolute Gasteiger partial charge is 0.259 e. The highest BCUT2D eigenvalue weighted by molar-refractivity contribution is 6.30. The summed E-state index contributed by atoms with van der Waals surface area (Å²) in [5, 5.41) is 4.43. The van der Waals surface area contributed by atoms with Crippen LogP contribution in [0.1, 0.15) is 28.3 Å². The molecule has 2 heterocycles. The fourth-order valence-electron chi connectivity index (χ4n) is 3.34. The van der Waals surface area contributed by atoms with Crippen LogP contribution in [0, 0.1) is 0 Å². The standard InChI is InChI=1S/C20H17ClN2O2/c21-17-8-4-7-15(11-17)19-18(12-22-25-19)20(24)23-10-9-16(13-23)14-5-2-1-3-6-14/h1-8,11-12,16H,9-10,13H2. The van der Waals surface area contributed by atoms with Crippen LogP contribution in [0.2, 0.25) is 5.02 Å². The van der Waals surface area contributed by atoms with Crippen LogP contribution < -0.4 is 0 Å². The second-order valence-corrected chi connectivity index (χ2v) is 6.66. The zero-order chi connectivity index (χ0) is 17.2. The van der Waals surface area contributed by atoms with Crippen molar-refractivity contribution in [2.75, 3.05) is 13.1 Å². The van der Waals surface area contributed by atoms with Crippen molar-refractivity contribution >= 4 is 17.5 Å². The molecule has 4 rings (SSSR count). The van der Waals surface area contributed by atoms with Crippen LogP contribution in [-0.2, 0) is 0 Å². The number of carbonyl (C=O) groups is 1. The molecular formula is C20H17ClN2O2. The Morgan fingerprint density at radius 3 is 2.80 bits per heavy atom. The summed E-state index contributed by atoms with van der Waals surface area (Å²) in [6, 6.07) is 17.6. The monoisotopic (exact) mass is 352 g/mol. The first-order valence-electron chi connectivity index (χ1n) is 8.27. The largest absolute Gasteiger partial charge is 0.355 e. The van der Waals surface area contributed by atoms with Gasteiger partial charge in [0.1, 0.15) is 5.56 Å². The van der Waals surface area contributed by atoms with Gasteiger partial charge in [0, 0.05) is 29.6 Å². The van der Waals surface area contributed by atoms with Gasteiger partial charge in [-0.15, -0.1) is 0 Å². The summed E-state index contributed by atoms with van der Waals surface area (Å²) in [6.07, 6.45) is 2.46. The molecule has 0 bridgehead atoms. The van der Waals surface area contributed by atoms with Crippen molar-refractivity contribution in [3.05, 3.63) is 76.9 Å². The quantitative estimate of drug-likeness (QED) is 0.690. The van der Waals surface area contributed by atoms with E-state index in [1.54, 1.807) is 12.1 Å². The summed E-state index contributed by atoms with van der Waals surface area (Å²) in [6.45, 7) is 1.45. The summed E-state index contributed by atoms with van der Waals surface area (Å²) < 4.78 is 5.34. The third kappa shape index (κ3) is 3.17. The summed E-state index contributed by atoms with van der Waals surface area (Å²) >= 11 is 6.05. The van der Waals surface area contributed by atoms with Gasteiger partial charge in [-0.2, -0.15) is 0 Å². The third-order valence-corrected chi connectivity index (χ3v) is 4.87. The molecule has 1 saturated heterocycles. The van der Waals surface area contributed by atoms with E-state index in [4.69, 9.17) is 16.1 Å². The van der Waals surface area contributed by atoms with Gasteiger partial charge in [-0.05, 0) is 24.1 Å². The van der Waals surface area contributed by atoms with E-state index in [9.17, 15) is 4.79 Å². The van der Waals surface area contributed by atoms with Gasteiger partial charge in [-0.1, -0.05) is 59.2 Å². The second-order valence-electron chi connectivity index (χ2n) is 6.23. The highest BCUT2D eigenvalue weighted by Crippen LogP contribution is 2.31. The first-order valence-corrected chi connectivity index (χ1v) is 8.65. The van der Waals surface area contributed by atoms with E-state index in [1.165, 1.54) is 11.8 Å². The zero-order valence-electron chi connectivity index (χ0n) is 13.6. The molecule has 25 heavy (non-hydrogen) atoms. The molecule has 5 heteroatoms. The molecule has 1 aliphatic heterocycles. The first-order chi connectivity index (χ1) is 12.2. The van der Waals surface area contributed by atoms with Crippen molar-refractivity contribution in [2.24, 2.45) is 0 Å². The number of rotatable bonds is 3. The number of benzene rings is 2. The van der Waals surface area contributed by atoms with Crippen LogP contribution >= 0.6 is 11.6 Å². The zero-order valence-corrected chi connectivity index (χ0v) is 14.3. The van der Waals surface area contributed by atoms with E-state index in [-0.39, 0.29) is 5.91 Å². The molecule has 1 aromatic heterocycles. The molecule has 1 atom stereocenters. The first kappa shape index (κ1) is 15.9. The molecule has 1 amide bonds. The van der Waals surface area contributed by atoms with Crippen molar-refractivity contribution in [3.63, 3.8) is 0 Å². The molecule has 0 radical (unpaired) electrons. The Labute approximate surface area is 151 Å². The molecule has 3 aromatic rings. The summed E-state index contributed by atoms with van der Waals surface area (Å²) in [7, 11) is 0. The van der Waals surface area contributed by atoms with Crippen LogP contribution in [0.15, 0.2) is 65.3 Å². The molecule has 2 aromatic carbocycles. The number of amides is 1. The van der Waals surface area contributed by atoms with Crippen LogP contribution in [0.3, 0.4) is 0 Å². The third-order valence-electron chi connectivity index (χ3n) is 4.63. The molecule has 0 spiro atoms. The Morgan fingerprint density at radius 1 is 1.16 bits per heavy atom. The SMILES string of the molecule is O=C(c1cnoc1-c1cccc(Cl)c1)N1CCC(c2ccccc2)C1. The van der Waals surface area contributed by atoms with Gasteiger partial charge in [0.05, 0.1) is 6.20 Å². The predicted molar refractivity (Wildman–Crippen MR) is 96.7 cm³/mol. The average molecular weight is 353 g/mol. The van der Waals surface area contributed by atoms with E-state index < -0.39 is 0 Å². The number of nitrogens with zero attached hydrogens (tertiary/aromatic N) is 2. The number of likely N-dealkylation sites (tertiary alicyclic amines) is 1. The number of hydrogen-bond acceptors (Lipinski definition) is 3. The highest BCUT2D eigenvalue weighted by atomic mass is 35.5. The fraction of sp³-hybridized carbons (Fsp3) is 0.200. The van der Waals surface area contributed by atoms with Crippen molar-refractivity contribution in [1.82, 2.24) is 10.1 Å². The lowest BCUT2D eigenvalue weighted by Gasteiger charge is -2.16. The van der Waals surface area contributed by atoms with E-state index in [2.05, 4.69) is 17.3 Å². The number of carbonyl (C=O) groups excluding carboxylic acids is 1. The number of aromatic nitrogens is 1. The van der Waals surface area contributed by atoms with E-state index >= 15 is 0 Å². The maximum Gasteiger partial charge on any atom is 0.259 e. The average Bonchev–Trinajstić information content (AvgIpc) is 3.32. The molecule has 126 valence electrons. The van der Waals surface area contributed by atoms with Crippen molar-refractivity contribution in [2.45, 2.75) is 12.3 Å². The van der Waals surface area contributed by atoms with Crippen LogP contribution in [0.5, 0.6) is 0 Å². The van der Waals surface area contributed by atoms with Gasteiger partial charge in [0.15, 0.2) is 5.76 Å². The van der Waals surface area contributed by atoms with Crippen molar-refractivity contribution in [3.8, 4) is 11.3 Å². The number of hydrogen-bond donors (Lipinski definition) is 0. The summed E-state index contributed by atoms with van der Waals surface area (Å²) in [5.74, 6) is 0.796. The van der Waals surface area contributed by atoms with Gasteiger partial charge in [0.25, 0.3) is 5.91 Å². The Kier molecular flexibility index (Phi) is 4.28. The topological polar surface area (TPSA) is 46.3 Å². The predicted octanol–water partition coefficient (Wildman–Crippen LogP) is 4.62. The van der Waals surface area contributed by atoms with Crippen molar-refractivity contribution in [1.29, 1.82) is 0 Å². The van der Waals surface area contributed by atoms with Gasteiger partial charge in [-0.3, -0.25) is 4.79 Å². The lowest BCUT2D eigenvalue weighted by molar-refractivity contribution is 0.0791. The maximum atomic E-state index is 13.0. The minimum Gasteiger partial charge on any atom is -0.355 e. The van der Waals surface area contributed by atoms with Gasteiger partial charge < -0.3 is 9.42 Å². The Hall–Kier alpha value is -2.59. The highest BCUT2D eigenvalue weighted by Gasteiger charge is 2.30.